The van der Waals surface area contributed by atoms with E-state index in [1.165, 1.54) is 0 Å². The molecule has 3 aromatic rings. The largest absolute Gasteiger partial charge is 0.508 e. The summed E-state index contributed by atoms with van der Waals surface area (Å²) in [6.07, 6.45) is 1.95. The molecule has 1 aliphatic heterocycles. The number of hydrogen-bond acceptors (Lipinski definition) is 5. The Morgan fingerprint density at radius 2 is 1.93 bits per heavy atom. The van der Waals surface area contributed by atoms with E-state index in [9.17, 15) is 9.90 Å². The van der Waals surface area contributed by atoms with Crippen LogP contribution in [-0.4, -0.2) is 69.2 Å². The molecule has 0 saturated carbocycles. The van der Waals surface area contributed by atoms with Crippen molar-refractivity contribution in [3.63, 3.8) is 0 Å². The van der Waals surface area contributed by atoms with Crippen LogP contribution in [0.25, 0.3) is 22.3 Å². The maximum absolute atomic E-state index is 13.4. The summed E-state index contributed by atoms with van der Waals surface area (Å²) in [5.41, 5.74) is 3.47. The van der Waals surface area contributed by atoms with Crippen LogP contribution in [0.5, 0.6) is 5.75 Å². The minimum absolute atomic E-state index is 0.00789. The van der Waals surface area contributed by atoms with E-state index < -0.39 is 0 Å². The molecule has 0 radical (unpaired) electrons. The zero-order chi connectivity index (χ0) is 19.8. The fourth-order valence-electron chi connectivity index (χ4n) is 3.86. The van der Waals surface area contributed by atoms with Crippen molar-refractivity contribution in [1.29, 1.82) is 0 Å². The number of aromatic hydroxyl groups is 1. The van der Waals surface area contributed by atoms with Gasteiger partial charge < -0.3 is 14.9 Å². The highest BCUT2D eigenvalue weighted by molar-refractivity contribution is 6.07. The highest BCUT2D eigenvalue weighted by Crippen LogP contribution is 2.28. The van der Waals surface area contributed by atoms with Gasteiger partial charge in [-0.1, -0.05) is 0 Å². The summed E-state index contributed by atoms with van der Waals surface area (Å²) in [6, 6.07) is 8.88. The van der Waals surface area contributed by atoms with E-state index in [2.05, 4.69) is 27.1 Å². The molecule has 7 nitrogen and oxygen atoms in total. The second kappa shape index (κ2) is 7.24. The van der Waals surface area contributed by atoms with Gasteiger partial charge in [-0.2, -0.15) is 5.10 Å². The van der Waals surface area contributed by atoms with Gasteiger partial charge in [0, 0.05) is 24.3 Å². The van der Waals surface area contributed by atoms with Crippen molar-refractivity contribution in [2.24, 2.45) is 0 Å². The van der Waals surface area contributed by atoms with Gasteiger partial charge in [-0.3, -0.25) is 9.89 Å². The topological polar surface area (TPSA) is 85.3 Å². The number of nitrogens with one attached hydrogen (secondary N) is 1. The molecule has 1 aliphatic rings. The number of nitrogens with zero attached hydrogens (tertiary/aromatic N) is 4. The number of phenols is 1. The molecule has 2 aromatic heterocycles. The molecule has 2 N–H and O–H groups in total. The van der Waals surface area contributed by atoms with Crippen molar-refractivity contribution in [3.05, 3.63) is 41.6 Å². The number of benzene rings is 1. The standard InChI is InChI=1S/C21H25N5O2/c1-13-19-17(21(28)26(3)15-8-10-25(2)11-9-15)12-18(22-20(19)24-23-13)14-4-6-16(27)7-5-14/h4-7,12,15,27H,8-11H2,1-3H3,(H,22,23,24). The first-order valence-corrected chi connectivity index (χ1v) is 9.55. The number of H-pyrrole nitrogens is 1. The van der Waals surface area contributed by atoms with Crippen molar-refractivity contribution in [1.82, 2.24) is 25.0 Å². The van der Waals surface area contributed by atoms with Gasteiger partial charge in [0.15, 0.2) is 5.65 Å². The van der Waals surface area contributed by atoms with Gasteiger partial charge in [0.2, 0.25) is 0 Å². The lowest BCUT2D eigenvalue weighted by atomic mass is 10.0. The summed E-state index contributed by atoms with van der Waals surface area (Å²) in [6.45, 7) is 3.90. The lowest BCUT2D eigenvalue weighted by molar-refractivity contribution is 0.0661. The second-order valence-electron chi connectivity index (χ2n) is 7.60. The predicted octanol–water partition coefficient (Wildman–Crippen LogP) is 2.81. The Morgan fingerprint density at radius 3 is 2.61 bits per heavy atom. The van der Waals surface area contributed by atoms with Crippen LogP contribution in [-0.2, 0) is 0 Å². The average Bonchev–Trinajstić information content (AvgIpc) is 3.08. The third kappa shape index (κ3) is 3.33. The first kappa shape index (κ1) is 18.4. The molecule has 7 heteroatoms. The fraction of sp³-hybridized carbons (Fsp3) is 0.381. The molecule has 4 rings (SSSR count). The number of fused-ring (bicyclic) bond motifs is 1. The molecular weight excluding hydrogens is 354 g/mol. The van der Waals surface area contributed by atoms with Gasteiger partial charge in [0.1, 0.15) is 5.75 Å². The summed E-state index contributed by atoms with van der Waals surface area (Å²) in [5.74, 6) is 0.185. The molecule has 0 spiro atoms. The van der Waals surface area contributed by atoms with Gasteiger partial charge in [0.25, 0.3) is 5.91 Å². The second-order valence-corrected chi connectivity index (χ2v) is 7.60. The Balaban J connectivity index is 1.75. The van der Waals surface area contributed by atoms with E-state index in [0.29, 0.717) is 16.9 Å². The Hall–Kier alpha value is -2.93. The maximum atomic E-state index is 13.4. The molecule has 1 fully saturated rings. The van der Waals surface area contributed by atoms with Crippen LogP contribution in [0.2, 0.25) is 0 Å². The molecule has 1 aromatic carbocycles. The molecule has 1 saturated heterocycles. The zero-order valence-corrected chi connectivity index (χ0v) is 16.4. The van der Waals surface area contributed by atoms with Crippen LogP contribution < -0.4 is 0 Å². The minimum Gasteiger partial charge on any atom is -0.508 e. The van der Waals surface area contributed by atoms with E-state index in [1.54, 1.807) is 24.3 Å². The van der Waals surface area contributed by atoms with E-state index in [0.717, 1.165) is 42.6 Å². The van der Waals surface area contributed by atoms with Crippen LogP contribution in [0.4, 0.5) is 0 Å². The average molecular weight is 379 g/mol. The highest BCUT2D eigenvalue weighted by Gasteiger charge is 2.27. The first-order chi connectivity index (χ1) is 13.4. The molecule has 146 valence electrons. The van der Waals surface area contributed by atoms with Crippen molar-refractivity contribution >= 4 is 16.9 Å². The molecule has 1 amide bonds. The minimum atomic E-state index is -0.00789. The molecule has 0 unspecified atom stereocenters. The van der Waals surface area contributed by atoms with Gasteiger partial charge in [0.05, 0.1) is 16.6 Å². The number of aryl methyl sites for hydroxylation is 1. The van der Waals surface area contributed by atoms with Gasteiger partial charge in [-0.15, -0.1) is 0 Å². The van der Waals surface area contributed by atoms with Crippen LogP contribution in [0.15, 0.2) is 30.3 Å². The van der Waals surface area contributed by atoms with Crippen LogP contribution in [0, 0.1) is 6.92 Å². The normalized spacial score (nSPS) is 15.8. The number of amides is 1. The van der Waals surface area contributed by atoms with E-state index in [1.807, 2.05) is 24.9 Å². The molecule has 0 aliphatic carbocycles. The third-order valence-electron chi connectivity index (χ3n) is 5.65. The van der Waals surface area contributed by atoms with Crippen molar-refractivity contribution < 1.29 is 9.90 Å². The van der Waals surface area contributed by atoms with Crippen molar-refractivity contribution in [2.75, 3.05) is 27.2 Å². The number of carbonyl (C=O) groups is 1. The lowest BCUT2D eigenvalue weighted by Crippen LogP contribution is -2.44. The van der Waals surface area contributed by atoms with E-state index in [-0.39, 0.29) is 17.7 Å². The quantitative estimate of drug-likeness (QED) is 0.731. The highest BCUT2D eigenvalue weighted by atomic mass is 16.3. The number of carbonyl (C=O) groups excluding carboxylic acids is 1. The number of phenolic OH excluding ortho intramolecular Hbond substituents is 1. The number of rotatable bonds is 3. The Bertz CT molecular complexity index is 1000. The van der Waals surface area contributed by atoms with Crippen LogP contribution >= 0.6 is 0 Å². The summed E-state index contributed by atoms with van der Waals surface area (Å²) in [7, 11) is 4.00. The first-order valence-electron chi connectivity index (χ1n) is 9.55. The molecular formula is C21H25N5O2. The SMILES string of the molecule is Cc1[nH]nc2nc(-c3ccc(O)cc3)cc(C(=O)N(C)C3CCN(C)CC3)c12. The predicted molar refractivity (Wildman–Crippen MR) is 108 cm³/mol. The third-order valence-corrected chi connectivity index (χ3v) is 5.65. The van der Waals surface area contributed by atoms with Gasteiger partial charge in [-0.25, -0.2) is 4.98 Å². The van der Waals surface area contributed by atoms with E-state index in [4.69, 9.17) is 0 Å². The Labute approximate surface area is 164 Å². The van der Waals surface area contributed by atoms with E-state index >= 15 is 0 Å². The van der Waals surface area contributed by atoms with Crippen LogP contribution in [0.1, 0.15) is 28.9 Å². The Morgan fingerprint density at radius 1 is 1.25 bits per heavy atom. The fourth-order valence-corrected chi connectivity index (χ4v) is 3.86. The molecule has 3 heterocycles. The monoisotopic (exact) mass is 379 g/mol. The number of likely N-dealkylation sites (tertiary alicyclic amines) is 1. The van der Waals surface area contributed by atoms with Crippen molar-refractivity contribution in [2.45, 2.75) is 25.8 Å². The summed E-state index contributed by atoms with van der Waals surface area (Å²) in [4.78, 5) is 22.2. The molecule has 28 heavy (non-hydrogen) atoms. The summed E-state index contributed by atoms with van der Waals surface area (Å²) >= 11 is 0. The van der Waals surface area contributed by atoms with Gasteiger partial charge >= 0.3 is 0 Å². The zero-order valence-electron chi connectivity index (χ0n) is 16.4. The number of hydrogen-bond donors (Lipinski definition) is 2. The number of piperidine rings is 1. The van der Waals surface area contributed by atoms with Crippen LogP contribution in [0.3, 0.4) is 0 Å². The Kier molecular flexibility index (Phi) is 4.77. The maximum Gasteiger partial charge on any atom is 0.254 e. The lowest BCUT2D eigenvalue weighted by Gasteiger charge is -2.35. The number of pyridine rings is 1. The number of aromatic amines is 1. The molecule has 0 atom stereocenters. The number of aromatic nitrogens is 3. The summed E-state index contributed by atoms with van der Waals surface area (Å²) < 4.78 is 0. The summed E-state index contributed by atoms with van der Waals surface area (Å²) in [5, 5.41) is 17.6. The smallest absolute Gasteiger partial charge is 0.254 e. The molecule has 0 bridgehead atoms. The van der Waals surface area contributed by atoms with Gasteiger partial charge in [-0.05, 0) is 70.2 Å². The van der Waals surface area contributed by atoms with Crippen molar-refractivity contribution in [3.8, 4) is 17.0 Å².